The Morgan fingerprint density at radius 3 is 2.47 bits per heavy atom. The van der Waals surface area contributed by atoms with Gasteiger partial charge in [-0.3, -0.25) is 19.8 Å². The molecule has 0 aliphatic carbocycles. The van der Waals surface area contributed by atoms with Gasteiger partial charge in [0.15, 0.2) is 0 Å². The van der Waals surface area contributed by atoms with E-state index in [0.29, 0.717) is 31.4 Å². The van der Waals surface area contributed by atoms with Crippen molar-refractivity contribution < 1.29 is 14.4 Å². The summed E-state index contributed by atoms with van der Waals surface area (Å²) in [4.78, 5) is 33.7. The molecule has 2 N–H and O–H groups in total. The fourth-order valence-electron chi connectivity index (χ4n) is 1.51. The van der Waals surface area contributed by atoms with Gasteiger partial charge in [0, 0.05) is 32.0 Å². The summed E-state index contributed by atoms with van der Waals surface area (Å²) < 4.78 is 0. The third-order valence-electron chi connectivity index (χ3n) is 2.52. The van der Waals surface area contributed by atoms with Crippen molar-refractivity contribution >= 4 is 17.7 Å². The highest BCUT2D eigenvalue weighted by molar-refractivity contribution is 5.85. The highest BCUT2D eigenvalue weighted by Gasteiger charge is 2.25. The van der Waals surface area contributed by atoms with Crippen molar-refractivity contribution in [1.29, 1.82) is 0 Å². The summed E-state index contributed by atoms with van der Waals surface area (Å²) in [6.07, 6.45) is 1.94. The maximum atomic E-state index is 11.5. The van der Waals surface area contributed by atoms with Crippen LogP contribution in [0.25, 0.3) is 0 Å². The topological polar surface area (TPSA) is 78.5 Å². The molecule has 0 aromatic heterocycles. The van der Waals surface area contributed by atoms with Gasteiger partial charge in [-0.25, -0.2) is 5.01 Å². The first-order chi connectivity index (χ1) is 8.04. The largest absolute Gasteiger partial charge is 0.359 e. The lowest BCUT2D eigenvalue weighted by Gasteiger charge is -2.17. The molecule has 6 heteroatoms. The zero-order chi connectivity index (χ0) is 12.8. The van der Waals surface area contributed by atoms with Crippen molar-refractivity contribution in [1.82, 2.24) is 15.8 Å². The summed E-state index contributed by atoms with van der Waals surface area (Å²) in [5.74, 6) is -0.514. The van der Waals surface area contributed by atoms with E-state index < -0.39 is 0 Å². The van der Waals surface area contributed by atoms with Gasteiger partial charge in [-0.15, -0.1) is 0 Å². The molecule has 1 aliphatic rings. The summed E-state index contributed by atoms with van der Waals surface area (Å²) in [6, 6.07) is 0. The number of hydrazine groups is 1. The molecular formula is C11H17N3O3. The average molecular weight is 239 g/mol. The van der Waals surface area contributed by atoms with Gasteiger partial charge in [-0.2, -0.15) is 0 Å². The first kappa shape index (κ1) is 13.2. The first-order valence-electron chi connectivity index (χ1n) is 5.55. The predicted molar refractivity (Wildman–Crippen MR) is 61.3 cm³/mol. The first-order valence-corrected chi connectivity index (χ1v) is 5.55. The number of nitrogens with zero attached hydrogens (tertiary/aromatic N) is 1. The van der Waals surface area contributed by atoms with Crippen LogP contribution in [0.1, 0.15) is 32.1 Å². The minimum absolute atomic E-state index is 0.0977. The third kappa shape index (κ3) is 3.90. The Morgan fingerprint density at radius 2 is 1.94 bits per heavy atom. The molecule has 0 unspecified atom stereocenters. The van der Waals surface area contributed by atoms with Gasteiger partial charge < -0.3 is 5.32 Å². The molecule has 0 saturated carbocycles. The molecule has 0 aromatic carbocycles. The lowest BCUT2D eigenvalue weighted by atomic mass is 10.2. The van der Waals surface area contributed by atoms with E-state index in [4.69, 9.17) is 0 Å². The Morgan fingerprint density at radius 1 is 1.29 bits per heavy atom. The fourth-order valence-corrected chi connectivity index (χ4v) is 1.51. The van der Waals surface area contributed by atoms with Gasteiger partial charge in [-0.1, -0.05) is 6.58 Å². The fraction of sp³-hybridized carbons (Fsp3) is 0.545. The number of nitrogens with one attached hydrogen (secondary N) is 2. The van der Waals surface area contributed by atoms with E-state index in [1.807, 2.05) is 0 Å². The molecule has 0 aromatic rings. The predicted octanol–water partition coefficient (Wildman–Crippen LogP) is 0.0700. The van der Waals surface area contributed by atoms with Crippen LogP contribution in [-0.4, -0.2) is 29.8 Å². The van der Waals surface area contributed by atoms with Crippen molar-refractivity contribution in [3.8, 4) is 0 Å². The molecule has 1 fully saturated rings. The normalized spacial score (nSPS) is 15.0. The van der Waals surface area contributed by atoms with E-state index >= 15 is 0 Å². The zero-order valence-electron chi connectivity index (χ0n) is 9.91. The van der Waals surface area contributed by atoms with Crippen LogP contribution in [0.4, 0.5) is 0 Å². The summed E-state index contributed by atoms with van der Waals surface area (Å²) in [6.45, 7) is 3.69. The average Bonchev–Trinajstić information content (AvgIpc) is 2.60. The number of hydrogen-bond donors (Lipinski definition) is 2. The minimum Gasteiger partial charge on any atom is -0.359 e. The minimum atomic E-state index is -0.273. The van der Waals surface area contributed by atoms with Crippen molar-refractivity contribution in [2.24, 2.45) is 0 Å². The second-order valence-electron chi connectivity index (χ2n) is 3.86. The number of amides is 3. The van der Waals surface area contributed by atoms with Crippen LogP contribution in [-0.2, 0) is 14.4 Å². The van der Waals surface area contributed by atoms with E-state index in [1.165, 1.54) is 5.01 Å². The molecule has 1 aliphatic heterocycles. The second kappa shape index (κ2) is 6.03. The van der Waals surface area contributed by atoms with E-state index in [0.717, 1.165) is 0 Å². The van der Waals surface area contributed by atoms with E-state index in [1.54, 1.807) is 7.05 Å². The van der Waals surface area contributed by atoms with Crippen LogP contribution in [0, 0.1) is 0 Å². The van der Waals surface area contributed by atoms with Crippen molar-refractivity contribution in [3.63, 3.8) is 0 Å². The summed E-state index contributed by atoms with van der Waals surface area (Å²) in [5, 5.41) is 3.67. The van der Waals surface area contributed by atoms with Crippen molar-refractivity contribution in [2.45, 2.75) is 32.1 Å². The monoisotopic (exact) mass is 239 g/mol. The molecule has 3 amide bonds. The highest BCUT2D eigenvalue weighted by atomic mass is 16.2. The highest BCUT2D eigenvalue weighted by Crippen LogP contribution is 2.17. The zero-order valence-corrected chi connectivity index (χ0v) is 9.91. The Hall–Kier alpha value is -1.85. The summed E-state index contributed by atoms with van der Waals surface area (Å²) >= 11 is 0. The number of carbonyl (C=O) groups is 3. The van der Waals surface area contributed by atoms with Crippen molar-refractivity contribution in [3.05, 3.63) is 12.3 Å². The van der Waals surface area contributed by atoms with Crippen LogP contribution >= 0.6 is 0 Å². The molecule has 17 heavy (non-hydrogen) atoms. The van der Waals surface area contributed by atoms with E-state index in [-0.39, 0.29) is 24.1 Å². The lowest BCUT2D eigenvalue weighted by molar-refractivity contribution is -0.136. The quantitative estimate of drug-likeness (QED) is 0.712. The van der Waals surface area contributed by atoms with Gasteiger partial charge >= 0.3 is 0 Å². The van der Waals surface area contributed by atoms with Crippen LogP contribution in [0.15, 0.2) is 12.3 Å². The molecule has 0 bridgehead atoms. The molecule has 1 rings (SSSR count). The molecule has 0 radical (unpaired) electrons. The van der Waals surface area contributed by atoms with Gasteiger partial charge in [0.25, 0.3) is 0 Å². The van der Waals surface area contributed by atoms with Gasteiger partial charge in [-0.05, 0) is 12.8 Å². The SMILES string of the molecule is C=C1CCC(=O)N1NC(=O)CCCC(=O)NC. The number of hydrogen-bond acceptors (Lipinski definition) is 3. The Kier molecular flexibility index (Phi) is 4.68. The Balaban J connectivity index is 2.27. The standard InChI is InChI=1S/C11H17N3O3/c1-8-6-7-11(17)14(8)13-10(16)5-3-4-9(15)12-2/h1,3-7H2,2H3,(H,12,15)(H,13,16). The van der Waals surface area contributed by atoms with Crippen LogP contribution in [0.2, 0.25) is 0 Å². The van der Waals surface area contributed by atoms with Gasteiger partial charge in [0.05, 0.1) is 0 Å². The van der Waals surface area contributed by atoms with E-state index in [2.05, 4.69) is 17.3 Å². The molecular weight excluding hydrogens is 222 g/mol. The maximum Gasteiger partial charge on any atom is 0.245 e. The Bertz CT molecular complexity index is 336. The second-order valence-corrected chi connectivity index (χ2v) is 3.86. The van der Waals surface area contributed by atoms with Crippen LogP contribution in [0.3, 0.4) is 0 Å². The number of rotatable bonds is 5. The van der Waals surface area contributed by atoms with Gasteiger partial charge in [0.1, 0.15) is 0 Å². The number of allylic oxidation sites excluding steroid dienone is 1. The smallest absolute Gasteiger partial charge is 0.245 e. The van der Waals surface area contributed by atoms with E-state index in [9.17, 15) is 14.4 Å². The summed E-state index contributed by atoms with van der Waals surface area (Å²) in [5.41, 5.74) is 3.09. The molecule has 6 nitrogen and oxygen atoms in total. The Labute approximate surface area is 100 Å². The molecule has 0 spiro atoms. The molecule has 94 valence electrons. The molecule has 0 atom stereocenters. The lowest BCUT2D eigenvalue weighted by Crippen LogP contribution is -2.41. The maximum absolute atomic E-state index is 11.5. The third-order valence-corrected chi connectivity index (χ3v) is 2.52. The summed E-state index contributed by atoms with van der Waals surface area (Å²) in [7, 11) is 1.55. The van der Waals surface area contributed by atoms with Crippen molar-refractivity contribution in [2.75, 3.05) is 7.05 Å². The number of carbonyl (C=O) groups excluding carboxylic acids is 3. The molecule has 1 saturated heterocycles. The van der Waals surface area contributed by atoms with Crippen LogP contribution in [0.5, 0.6) is 0 Å². The van der Waals surface area contributed by atoms with Crippen LogP contribution < -0.4 is 10.7 Å². The molecule has 1 heterocycles. The van der Waals surface area contributed by atoms with Gasteiger partial charge in [0.2, 0.25) is 17.7 Å².